The molecular formula is C17H19NO. The summed E-state index contributed by atoms with van der Waals surface area (Å²) in [5.74, 6) is 0.746. The van der Waals surface area contributed by atoms with Gasteiger partial charge in [-0.25, -0.2) is 0 Å². The second kappa shape index (κ2) is 5.45. The summed E-state index contributed by atoms with van der Waals surface area (Å²) in [6, 6.07) is 18.3. The first-order chi connectivity index (χ1) is 9.34. The van der Waals surface area contributed by atoms with E-state index < -0.39 is 0 Å². The Morgan fingerprint density at radius 2 is 1.68 bits per heavy atom. The lowest BCUT2D eigenvalue weighted by atomic mass is 10.00. The van der Waals surface area contributed by atoms with E-state index in [-0.39, 0.29) is 6.10 Å². The molecule has 2 N–H and O–H groups in total. The van der Waals surface area contributed by atoms with E-state index in [0.717, 1.165) is 23.8 Å². The van der Waals surface area contributed by atoms with E-state index in [1.807, 2.05) is 36.4 Å². The van der Waals surface area contributed by atoms with Crippen molar-refractivity contribution in [3.8, 4) is 0 Å². The maximum absolute atomic E-state index is 6.14. The number of nitrogen functional groups attached to an aromatic ring is 1. The van der Waals surface area contributed by atoms with E-state index in [0.29, 0.717) is 0 Å². The summed E-state index contributed by atoms with van der Waals surface area (Å²) in [4.78, 5) is 0. The highest BCUT2D eigenvalue weighted by atomic mass is 16.5. The van der Waals surface area contributed by atoms with Crippen molar-refractivity contribution in [3.63, 3.8) is 0 Å². The van der Waals surface area contributed by atoms with Crippen LogP contribution in [0.25, 0.3) is 0 Å². The zero-order chi connectivity index (χ0) is 13.1. The summed E-state index contributed by atoms with van der Waals surface area (Å²) in [6.07, 6.45) is 2.54. The van der Waals surface area contributed by atoms with Gasteiger partial charge in [-0.05, 0) is 30.4 Å². The zero-order valence-electron chi connectivity index (χ0n) is 11.0. The van der Waals surface area contributed by atoms with Crippen LogP contribution in [0.5, 0.6) is 0 Å². The largest absolute Gasteiger partial charge is 0.398 e. The average Bonchev–Trinajstić information content (AvgIpc) is 3.26. The van der Waals surface area contributed by atoms with Crippen LogP contribution in [0.4, 0.5) is 5.69 Å². The lowest BCUT2D eigenvalue weighted by molar-refractivity contribution is 0.0723. The van der Waals surface area contributed by atoms with Gasteiger partial charge in [-0.15, -0.1) is 0 Å². The smallest absolute Gasteiger partial charge is 0.110 e. The molecule has 0 radical (unpaired) electrons. The van der Waals surface area contributed by atoms with Gasteiger partial charge in [0.2, 0.25) is 0 Å². The molecule has 0 aromatic heterocycles. The van der Waals surface area contributed by atoms with Crippen molar-refractivity contribution < 1.29 is 4.74 Å². The number of hydrogen-bond acceptors (Lipinski definition) is 2. The number of benzene rings is 2. The third-order valence-corrected chi connectivity index (χ3v) is 3.58. The van der Waals surface area contributed by atoms with E-state index in [9.17, 15) is 0 Å². The fourth-order valence-corrected chi connectivity index (χ4v) is 2.26. The number of ether oxygens (including phenoxy) is 1. The van der Waals surface area contributed by atoms with Crippen LogP contribution < -0.4 is 5.73 Å². The van der Waals surface area contributed by atoms with Crippen LogP contribution in [0.1, 0.15) is 30.1 Å². The van der Waals surface area contributed by atoms with Gasteiger partial charge >= 0.3 is 0 Å². The SMILES string of the molecule is Nc1ccccc1C(OCC1CC1)c1ccccc1. The Bertz CT molecular complexity index is 534. The van der Waals surface area contributed by atoms with Crippen molar-refractivity contribution in [3.05, 3.63) is 65.7 Å². The Balaban J connectivity index is 1.89. The van der Waals surface area contributed by atoms with Crippen molar-refractivity contribution in [1.29, 1.82) is 0 Å². The molecule has 2 heteroatoms. The minimum atomic E-state index is -0.0528. The van der Waals surface area contributed by atoms with Crippen LogP contribution in [-0.2, 0) is 4.74 Å². The fourth-order valence-electron chi connectivity index (χ4n) is 2.26. The van der Waals surface area contributed by atoms with Crippen molar-refractivity contribution >= 4 is 5.69 Å². The van der Waals surface area contributed by atoms with Gasteiger partial charge in [0.1, 0.15) is 6.10 Å². The first kappa shape index (κ1) is 12.2. The molecule has 0 heterocycles. The fraction of sp³-hybridized carbons (Fsp3) is 0.294. The van der Waals surface area contributed by atoms with Gasteiger partial charge in [0.15, 0.2) is 0 Å². The van der Waals surface area contributed by atoms with Crippen LogP contribution in [0.15, 0.2) is 54.6 Å². The van der Waals surface area contributed by atoms with Gasteiger partial charge in [0.05, 0.1) is 6.61 Å². The first-order valence-electron chi connectivity index (χ1n) is 6.85. The molecular weight excluding hydrogens is 234 g/mol. The van der Waals surface area contributed by atoms with Crippen molar-refractivity contribution in [2.24, 2.45) is 5.92 Å². The summed E-state index contributed by atoms with van der Waals surface area (Å²) < 4.78 is 6.14. The lowest BCUT2D eigenvalue weighted by Crippen LogP contribution is -2.10. The molecule has 1 fully saturated rings. The topological polar surface area (TPSA) is 35.2 Å². The Labute approximate surface area is 114 Å². The number of rotatable bonds is 5. The molecule has 0 saturated heterocycles. The molecule has 19 heavy (non-hydrogen) atoms. The molecule has 1 saturated carbocycles. The second-order valence-electron chi connectivity index (χ2n) is 5.20. The normalized spacial score (nSPS) is 16.2. The van der Waals surface area contributed by atoms with E-state index in [1.165, 1.54) is 18.4 Å². The molecule has 2 aromatic rings. The van der Waals surface area contributed by atoms with Crippen molar-refractivity contribution in [2.75, 3.05) is 12.3 Å². The average molecular weight is 253 g/mol. The van der Waals surface area contributed by atoms with Gasteiger partial charge in [-0.1, -0.05) is 48.5 Å². The van der Waals surface area contributed by atoms with Crippen LogP contribution in [0, 0.1) is 5.92 Å². The molecule has 3 rings (SSSR count). The standard InChI is InChI=1S/C17H19NO/c18-16-9-5-4-8-15(16)17(19-12-13-10-11-13)14-6-2-1-3-7-14/h1-9,13,17H,10-12,18H2. The summed E-state index contributed by atoms with van der Waals surface area (Å²) >= 11 is 0. The molecule has 1 aliphatic carbocycles. The molecule has 1 atom stereocenters. The highest BCUT2D eigenvalue weighted by Gasteiger charge is 2.25. The quantitative estimate of drug-likeness (QED) is 0.823. The zero-order valence-corrected chi connectivity index (χ0v) is 11.0. The molecule has 0 bridgehead atoms. The highest BCUT2D eigenvalue weighted by Crippen LogP contribution is 2.34. The molecule has 0 amide bonds. The Morgan fingerprint density at radius 3 is 2.37 bits per heavy atom. The predicted molar refractivity (Wildman–Crippen MR) is 77.8 cm³/mol. The van der Waals surface area contributed by atoms with Crippen molar-refractivity contribution in [1.82, 2.24) is 0 Å². The maximum Gasteiger partial charge on any atom is 0.110 e. The minimum Gasteiger partial charge on any atom is -0.398 e. The van der Waals surface area contributed by atoms with E-state index in [1.54, 1.807) is 0 Å². The molecule has 98 valence electrons. The molecule has 0 aliphatic heterocycles. The van der Waals surface area contributed by atoms with Gasteiger partial charge in [-0.2, -0.15) is 0 Å². The second-order valence-corrected chi connectivity index (χ2v) is 5.20. The number of nitrogens with two attached hydrogens (primary N) is 1. The maximum atomic E-state index is 6.14. The number of para-hydroxylation sites is 1. The van der Waals surface area contributed by atoms with Gasteiger partial charge in [0, 0.05) is 11.3 Å². The van der Waals surface area contributed by atoms with Crippen LogP contribution >= 0.6 is 0 Å². The Morgan fingerprint density at radius 1 is 1.00 bits per heavy atom. The predicted octanol–water partition coefficient (Wildman–Crippen LogP) is 3.78. The molecule has 1 aliphatic rings. The van der Waals surface area contributed by atoms with Gasteiger partial charge < -0.3 is 10.5 Å². The monoisotopic (exact) mass is 253 g/mol. The van der Waals surface area contributed by atoms with Crippen LogP contribution in [0.3, 0.4) is 0 Å². The van der Waals surface area contributed by atoms with E-state index in [4.69, 9.17) is 10.5 Å². The lowest BCUT2D eigenvalue weighted by Gasteiger charge is -2.20. The van der Waals surface area contributed by atoms with Gasteiger partial charge in [0.25, 0.3) is 0 Å². The van der Waals surface area contributed by atoms with Crippen LogP contribution in [-0.4, -0.2) is 6.61 Å². The third kappa shape index (κ3) is 2.96. The van der Waals surface area contributed by atoms with Crippen LogP contribution in [0.2, 0.25) is 0 Å². The number of anilines is 1. The molecule has 1 unspecified atom stereocenters. The van der Waals surface area contributed by atoms with Crippen molar-refractivity contribution in [2.45, 2.75) is 18.9 Å². The van der Waals surface area contributed by atoms with Gasteiger partial charge in [-0.3, -0.25) is 0 Å². The number of hydrogen-bond donors (Lipinski definition) is 1. The first-order valence-corrected chi connectivity index (χ1v) is 6.85. The summed E-state index contributed by atoms with van der Waals surface area (Å²) in [5.41, 5.74) is 9.13. The molecule has 0 spiro atoms. The van der Waals surface area contributed by atoms with E-state index >= 15 is 0 Å². The Kier molecular flexibility index (Phi) is 3.51. The molecule has 2 aromatic carbocycles. The summed E-state index contributed by atoms with van der Waals surface area (Å²) in [6.45, 7) is 0.827. The molecule has 2 nitrogen and oxygen atoms in total. The summed E-state index contributed by atoms with van der Waals surface area (Å²) in [7, 11) is 0. The minimum absolute atomic E-state index is 0.0528. The highest BCUT2D eigenvalue weighted by molar-refractivity contribution is 5.50. The Hall–Kier alpha value is -1.80. The third-order valence-electron chi connectivity index (χ3n) is 3.58. The van der Waals surface area contributed by atoms with E-state index in [2.05, 4.69) is 18.2 Å². The summed E-state index contributed by atoms with van der Waals surface area (Å²) in [5, 5.41) is 0.